The molecule has 0 aromatic carbocycles. The van der Waals surface area contributed by atoms with E-state index in [0.717, 1.165) is 16.5 Å². The predicted octanol–water partition coefficient (Wildman–Crippen LogP) is 3.97. The van der Waals surface area contributed by atoms with Crippen molar-refractivity contribution in [2.24, 2.45) is 5.92 Å². The van der Waals surface area contributed by atoms with Gasteiger partial charge < -0.3 is 4.74 Å². The predicted molar refractivity (Wildman–Crippen MR) is 66.2 cm³/mol. The van der Waals surface area contributed by atoms with E-state index < -0.39 is 0 Å². The van der Waals surface area contributed by atoms with Crippen molar-refractivity contribution >= 4 is 15.9 Å². The van der Waals surface area contributed by atoms with Gasteiger partial charge in [0.1, 0.15) is 0 Å². The minimum Gasteiger partial charge on any atom is -0.475 e. The fraction of sp³-hybridized carbons (Fsp3) is 0.583. The molecule has 0 saturated carbocycles. The average molecular weight is 272 g/mol. The third-order valence-electron chi connectivity index (χ3n) is 2.15. The van der Waals surface area contributed by atoms with Crippen LogP contribution in [0.25, 0.3) is 0 Å². The highest BCUT2D eigenvalue weighted by Crippen LogP contribution is 2.20. The molecule has 84 valence electrons. The molecule has 0 saturated heterocycles. The maximum Gasteiger partial charge on any atom is 0.213 e. The van der Waals surface area contributed by atoms with Crippen LogP contribution in [0.5, 0.6) is 5.88 Å². The number of hydrogen-bond acceptors (Lipinski definition) is 2. The first-order valence-electron chi connectivity index (χ1n) is 5.28. The molecule has 1 rings (SSSR count). The summed E-state index contributed by atoms with van der Waals surface area (Å²) in [4.78, 5) is 4.22. The van der Waals surface area contributed by atoms with E-state index in [2.05, 4.69) is 41.7 Å². The number of ether oxygens (including phenoxy) is 1. The molecule has 0 aliphatic rings. The number of nitrogens with zero attached hydrogens (tertiary/aromatic N) is 1. The number of aryl methyl sites for hydroxylation is 1. The van der Waals surface area contributed by atoms with Crippen LogP contribution in [0.4, 0.5) is 0 Å². The van der Waals surface area contributed by atoms with Gasteiger partial charge in [0.2, 0.25) is 5.88 Å². The van der Waals surface area contributed by atoms with Crippen LogP contribution in [-0.2, 0) is 0 Å². The lowest BCUT2D eigenvalue weighted by Crippen LogP contribution is -2.15. The summed E-state index contributed by atoms with van der Waals surface area (Å²) in [5.41, 5.74) is 1.15. The van der Waals surface area contributed by atoms with Crippen molar-refractivity contribution in [3.8, 4) is 5.88 Å². The van der Waals surface area contributed by atoms with E-state index in [1.807, 2.05) is 13.0 Å². The number of aromatic nitrogens is 1. The van der Waals surface area contributed by atoms with E-state index in [0.29, 0.717) is 11.8 Å². The van der Waals surface area contributed by atoms with Gasteiger partial charge in [-0.1, -0.05) is 13.8 Å². The summed E-state index contributed by atoms with van der Waals surface area (Å²) in [5, 5.41) is 0. The van der Waals surface area contributed by atoms with Crippen LogP contribution >= 0.6 is 15.9 Å². The Bertz CT molecular complexity index is 325. The van der Waals surface area contributed by atoms with Gasteiger partial charge in [0.25, 0.3) is 0 Å². The lowest BCUT2D eigenvalue weighted by molar-refractivity contribution is 0.185. The van der Waals surface area contributed by atoms with Crippen LogP contribution in [-0.4, -0.2) is 11.1 Å². The Kier molecular flexibility index (Phi) is 4.58. The summed E-state index contributed by atoms with van der Waals surface area (Å²) in [6.45, 7) is 8.50. The summed E-state index contributed by atoms with van der Waals surface area (Å²) in [6, 6.07) is 1.96. The summed E-state index contributed by atoms with van der Waals surface area (Å²) < 4.78 is 6.75. The topological polar surface area (TPSA) is 22.1 Å². The third kappa shape index (κ3) is 4.20. The molecule has 1 heterocycles. The van der Waals surface area contributed by atoms with Crippen molar-refractivity contribution < 1.29 is 4.74 Å². The first-order valence-corrected chi connectivity index (χ1v) is 6.07. The van der Waals surface area contributed by atoms with Crippen LogP contribution in [0.1, 0.15) is 32.8 Å². The third-order valence-corrected chi connectivity index (χ3v) is 2.98. The van der Waals surface area contributed by atoms with E-state index in [1.165, 1.54) is 0 Å². The number of rotatable bonds is 4. The molecule has 1 aromatic heterocycles. The van der Waals surface area contributed by atoms with Gasteiger partial charge in [-0.05, 0) is 47.7 Å². The fourth-order valence-corrected chi connectivity index (χ4v) is 1.71. The summed E-state index contributed by atoms with van der Waals surface area (Å²) in [6.07, 6.45) is 3.06. The Hall–Kier alpha value is -0.570. The van der Waals surface area contributed by atoms with E-state index in [-0.39, 0.29) is 6.10 Å². The van der Waals surface area contributed by atoms with Gasteiger partial charge in [-0.2, -0.15) is 0 Å². The normalized spacial score (nSPS) is 12.9. The van der Waals surface area contributed by atoms with Crippen molar-refractivity contribution in [1.29, 1.82) is 0 Å². The fourth-order valence-electron chi connectivity index (χ4n) is 1.50. The molecule has 1 atom stereocenters. The zero-order valence-electron chi connectivity index (χ0n) is 9.75. The number of hydrogen-bond donors (Lipinski definition) is 0. The molecule has 1 aromatic rings. The molecule has 0 spiro atoms. The molecule has 0 radical (unpaired) electrons. The zero-order valence-corrected chi connectivity index (χ0v) is 11.3. The van der Waals surface area contributed by atoms with Crippen molar-refractivity contribution in [3.05, 3.63) is 22.3 Å². The summed E-state index contributed by atoms with van der Waals surface area (Å²) in [7, 11) is 0. The second-order valence-corrected chi connectivity index (χ2v) is 5.18. The first-order chi connectivity index (χ1) is 6.99. The van der Waals surface area contributed by atoms with Crippen molar-refractivity contribution in [2.75, 3.05) is 0 Å². The average Bonchev–Trinajstić information content (AvgIpc) is 2.10. The molecular formula is C12H18BrNO. The van der Waals surface area contributed by atoms with Gasteiger partial charge in [-0.15, -0.1) is 0 Å². The van der Waals surface area contributed by atoms with E-state index in [4.69, 9.17) is 4.74 Å². The minimum atomic E-state index is 0.220. The van der Waals surface area contributed by atoms with E-state index >= 15 is 0 Å². The van der Waals surface area contributed by atoms with Gasteiger partial charge in [-0.25, -0.2) is 4.98 Å². The number of halogens is 1. The molecule has 15 heavy (non-hydrogen) atoms. The molecule has 3 heteroatoms. The Labute approximate surface area is 100 Å². The van der Waals surface area contributed by atoms with Gasteiger partial charge in [0, 0.05) is 16.7 Å². The highest BCUT2D eigenvalue weighted by atomic mass is 79.9. The van der Waals surface area contributed by atoms with Crippen molar-refractivity contribution in [2.45, 2.75) is 40.2 Å². The smallest absolute Gasteiger partial charge is 0.213 e. The molecule has 0 N–H and O–H groups in total. The quantitative estimate of drug-likeness (QED) is 0.827. The standard InChI is InChI=1S/C12H18BrNO/c1-8(2)5-10(4)15-12-6-9(3)11(13)7-14-12/h6-8,10H,5H2,1-4H3. The SMILES string of the molecule is Cc1cc(OC(C)CC(C)C)ncc1Br. The highest BCUT2D eigenvalue weighted by molar-refractivity contribution is 9.10. The minimum absolute atomic E-state index is 0.220. The molecule has 0 aliphatic heterocycles. The molecular weight excluding hydrogens is 254 g/mol. The molecule has 2 nitrogen and oxygen atoms in total. The Balaban J connectivity index is 2.60. The largest absolute Gasteiger partial charge is 0.475 e. The van der Waals surface area contributed by atoms with Crippen LogP contribution in [0, 0.1) is 12.8 Å². The van der Waals surface area contributed by atoms with Gasteiger partial charge >= 0.3 is 0 Å². The zero-order chi connectivity index (χ0) is 11.4. The van der Waals surface area contributed by atoms with Gasteiger partial charge in [0.05, 0.1) is 6.10 Å². The van der Waals surface area contributed by atoms with Gasteiger partial charge in [-0.3, -0.25) is 0 Å². The van der Waals surface area contributed by atoms with Crippen LogP contribution in [0.2, 0.25) is 0 Å². The van der Waals surface area contributed by atoms with Crippen molar-refractivity contribution in [3.63, 3.8) is 0 Å². The number of pyridine rings is 1. The second-order valence-electron chi connectivity index (χ2n) is 4.33. The monoisotopic (exact) mass is 271 g/mol. The summed E-state index contributed by atoms with van der Waals surface area (Å²) in [5.74, 6) is 1.36. The molecule has 0 amide bonds. The van der Waals surface area contributed by atoms with Crippen LogP contribution < -0.4 is 4.74 Å². The van der Waals surface area contributed by atoms with Crippen LogP contribution in [0.15, 0.2) is 16.7 Å². The van der Waals surface area contributed by atoms with Gasteiger partial charge in [0.15, 0.2) is 0 Å². The Morgan fingerprint density at radius 1 is 1.40 bits per heavy atom. The first kappa shape index (κ1) is 12.5. The van der Waals surface area contributed by atoms with E-state index in [9.17, 15) is 0 Å². The Morgan fingerprint density at radius 2 is 2.07 bits per heavy atom. The van der Waals surface area contributed by atoms with E-state index in [1.54, 1.807) is 6.20 Å². The van der Waals surface area contributed by atoms with Crippen LogP contribution in [0.3, 0.4) is 0 Å². The molecule has 0 bridgehead atoms. The molecule has 1 unspecified atom stereocenters. The van der Waals surface area contributed by atoms with Crippen molar-refractivity contribution in [1.82, 2.24) is 4.98 Å². The highest BCUT2D eigenvalue weighted by Gasteiger charge is 2.08. The molecule has 0 aliphatic carbocycles. The maximum absolute atomic E-state index is 5.73. The Morgan fingerprint density at radius 3 is 2.60 bits per heavy atom. The second kappa shape index (κ2) is 5.50. The molecule has 0 fully saturated rings. The maximum atomic E-state index is 5.73. The lowest BCUT2D eigenvalue weighted by atomic mass is 10.1. The summed E-state index contributed by atoms with van der Waals surface area (Å²) >= 11 is 3.42. The lowest BCUT2D eigenvalue weighted by Gasteiger charge is -2.16.